The summed E-state index contributed by atoms with van der Waals surface area (Å²) >= 11 is 0. The smallest absolute Gasteiger partial charge is 0.0351 e. The number of rotatable bonds is 4. The zero-order valence-corrected chi connectivity index (χ0v) is 8.67. The third kappa shape index (κ3) is 4.23. The Labute approximate surface area is 77.1 Å². The van der Waals surface area contributed by atoms with Crippen LogP contribution in [0.15, 0.2) is 12.2 Å². The van der Waals surface area contributed by atoms with Gasteiger partial charge in [-0.15, -0.1) is 6.42 Å². The molecule has 12 heavy (non-hydrogen) atoms. The molecule has 0 spiro atoms. The molecule has 3 atom stereocenters. The summed E-state index contributed by atoms with van der Waals surface area (Å²) in [6.07, 6.45) is 10.9. The maximum atomic E-state index is 5.27. The van der Waals surface area contributed by atoms with Crippen LogP contribution in [0.1, 0.15) is 34.1 Å². The molecule has 0 saturated heterocycles. The first kappa shape index (κ1) is 11.3. The molecule has 0 rings (SSSR count). The summed E-state index contributed by atoms with van der Waals surface area (Å²) in [6, 6.07) is 0. The van der Waals surface area contributed by atoms with Gasteiger partial charge in [-0.05, 0) is 18.8 Å². The Morgan fingerprint density at radius 1 is 1.25 bits per heavy atom. The van der Waals surface area contributed by atoms with Gasteiger partial charge in [0.2, 0.25) is 0 Å². The van der Waals surface area contributed by atoms with Crippen molar-refractivity contribution in [3.05, 3.63) is 12.2 Å². The number of hydrogen-bond acceptors (Lipinski definition) is 0. The maximum absolute atomic E-state index is 5.27. The van der Waals surface area contributed by atoms with Crippen LogP contribution in [-0.4, -0.2) is 0 Å². The normalized spacial score (nSPS) is 18.6. The first-order valence-electron chi connectivity index (χ1n) is 4.76. The van der Waals surface area contributed by atoms with Gasteiger partial charge in [0.25, 0.3) is 0 Å². The zero-order valence-electron chi connectivity index (χ0n) is 8.67. The Balaban J connectivity index is 3.91. The molecular formula is C12H20. The van der Waals surface area contributed by atoms with E-state index < -0.39 is 0 Å². The lowest BCUT2D eigenvalue weighted by molar-refractivity contribution is 0.445. The van der Waals surface area contributed by atoms with Gasteiger partial charge >= 0.3 is 0 Å². The minimum atomic E-state index is 0.275. The molecule has 0 fully saturated rings. The summed E-state index contributed by atoms with van der Waals surface area (Å²) in [6.45, 7) is 8.78. The van der Waals surface area contributed by atoms with Gasteiger partial charge in [0.05, 0.1) is 0 Å². The van der Waals surface area contributed by atoms with Crippen molar-refractivity contribution in [3.63, 3.8) is 0 Å². The van der Waals surface area contributed by atoms with Crippen LogP contribution in [-0.2, 0) is 0 Å². The molecule has 0 heterocycles. The number of hydrogen-bond donors (Lipinski definition) is 0. The van der Waals surface area contributed by atoms with Gasteiger partial charge in [-0.2, -0.15) is 0 Å². The third-order valence-electron chi connectivity index (χ3n) is 2.51. The van der Waals surface area contributed by atoms with Crippen LogP contribution in [0.5, 0.6) is 0 Å². The second-order valence-corrected chi connectivity index (χ2v) is 3.58. The molecule has 0 saturated carbocycles. The molecule has 0 nitrogen and oxygen atoms in total. The van der Waals surface area contributed by atoms with E-state index in [0.717, 1.165) is 5.92 Å². The summed E-state index contributed by atoms with van der Waals surface area (Å²) in [4.78, 5) is 0. The van der Waals surface area contributed by atoms with E-state index in [1.165, 1.54) is 6.42 Å². The molecule has 0 aromatic heterocycles. The van der Waals surface area contributed by atoms with Gasteiger partial charge in [-0.3, -0.25) is 0 Å². The molecule has 0 aromatic rings. The Bertz CT molecular complexity index is 171. The maximum Gasteiger partial charge on any atom is 0.0351 e. The second-order valence-electron chi connectivity index (χ2n) is 3.58. The molecule has 0 bridgehead atoms. The van der Waals surface area contributed by atoms with Gasteiger partial charge in [-0.1, -0.05) is 45.3 Å². The van der Waals surface area contributed by atoms with Crippen LogP contribution in [0.4, 0.5) is 0 Å². The fraction of sp³-hybridized carbons (Fsp3) is 0.667. The fourth-order valence-electron chi connectivity index (χ4n) is 0.959. The molecule has 0 amide bonds. The van der Waals surface area contributed by atoms with Crippen LogP contribution < -0.4 is 0 Å². The van der Waals surface area contributed by atoms with Crippen molar-refractivity contribution in [2.75, 3.05) is 0 Å². The van der Waals surface area contributed by atoms with Gasteiger partial charge in [0, 0.05) is 5.92 Å². The largest absolute Gasteiger partial charge is 0.119 e. The highest BCUT2D eigenvalue weighted by Crippen LogP contribution is 2.16. The summed E-state index contributed by atoms with van der Waals surface area (Å²) in [5.41, 5.74) is 0. The van der Waals surface area contributed by atoms with E-state index in [1.54, 1.807) is 0 Å². The molecular weight excluding hydrogens is 144 g/mol. The van der Waals surface area contributed by atoms with E-state index >= 15 is 0 Å². The van der Waals surface area contributed by atoms with E-state index in [-0.39, 0.29) is 5.92 Å². The third-order valence-corrected chi connectivity index (χ3v) is 2.51. The molecule has 0 N–H and O–H groups in total. The first-order valence-corrected chi connectivity index (χ1v) is 4.76. The van der Waals surface area contributed by atoms with Gasteiger partial charge in [0.1, 0.15) is 0 Å². The SMILES string of the molecule is C#CC(C)/C=C\C(C)[C@@H](C)CC. The zero-order chi connectivity index (χ0) is 9.56. The molecule has 0 radical (unpaired) electrons. The van der Waals surface area contributed by atoms with E-state index in [9.17, 15) is 0 Å². The molecule has 2 unspecified atom stereocenters. The van der Waals surface area contributed by atoms with E-state index in [2.05, 4.69) is 38.8 Å². The molecule has 0 aliphatic rings. The summed E-state index contributed by atoms with van der Waals surface area (Å²) in [5.74, 6) is 4.36. The molecule has 0 aromatic carbocycles. The Kier molecular flexibility index (Phi) is 5.54. The monoisotopic (exact) mass is 164 g/mol. The van der Waals surface area contributed by atoms with Crippen LogP contribution in [0.2, 0.25) is 0 Å². The van der Waals surface area contributed by atoms with Crippen molar-refractivity contribution in [2.24, 2.45) is 17.8 Å². The predicted octanol–water partition coefficient (Wildman–Crippen LogP) is 3.49. The number of terminal acetylenes is 1. The highest BCUT2D eigenvalue weighted by Gasteiger charge is 2.05. The fourth-order valence-corrected chi connectivity index (χ4v) is 0.959. The summed E-state index contributed by atoms with van der Waals surface area (Å²) in [7, 11) is 0. The molecule has 0 aliphatic heterocycles. The Hall–Kier alpha value is -0.700. The highest BCUT2D eigenvalue weighted by atomic mass is 14.1. The standard InChI is InChI=1S/C12H20/c1-6-10(3)8-9-12(5)11(4)7-2/h1,8-12H,7H2,2-5H3/b9-8-/t10?,11-,12?/m0/s1. The Morgan fingerprint density at radius 2 is 1.83 bits per heavy atom. The molecule has 0 heteroatoms. The van der Waals surface area contributed by atoms with E-state index in [4.69, 9.17) is 6.42 Å². The van der Waals surface area contributed by atoms with Crippen molar-refractivity contribution in [3.8, 4) is 12.3 Å². The van der Waals surface area contributed by atoms with Gasteiger partial charge < -0.3 is 0 Å². The Morgan fingerprint density at radius 3 is 2.25 bits per heavy atom. The van der Waals surface area contributed by atoms with Crippen LogP contribution in [0.3, 0.4) is 0 Å². The van der Waals surface area contributed by atoms with Crippen molar-refractivity contribution in [1.82, 2.24) is 0 Å². The average molecular weight is 164 g/mol. The van der Waals surface area contributed by atoms with Crippen LogP contribution >= 0.6 is 0 Å². The quantitative estimate of drug-likeness (QED) is 0.440. The topological polar surface area (TPSA) is 0 Å². The molecule has 0 aliphatic carbocycles. The van der Waals surface area contributed by atoms with Crippen molar-refractivity contribution < 1.29 is 0 Å². The van der Waals surface area contributed by atoms with Gasteiger partial charge in [-0.25, -0.2) is 0 Å². The van der Waals surface area contributed by atoms with Gasteiger partial charge in [0.15, 0.2) is 0 Å². The highest BCUT2D eigenvalue weighted by molar-refractivity contribution is 5.04. The summed E-state index contributed by atoms with van der Waals surface area (Å²) in [5, 5.41) is 0. The predicted molar refractivity (Wildman–Crippen MR) is 55.8 cm³/mol. The molecule has 68 valence electrons. The van der Waals surface area contributed by atoms with Crippen molar-refractivity contribution in [1.29, 1.82) is 0 Å². The second kappa shape index (κ2) is 5.89. The van der Waals surface area contributed by atoms with E-state index in [0.29, 0.717) is 5.92 Å². The summed E-state index contributed by atoms with van der Waals surface area (Å²) < 4.78 is 0. The van der Waals surface area contributed by atoms with Crippen LogP contribution in [0.25, 0.3) is 0 Å². The minimum absolute atomic E-state index is 0.275. The van der Waals surface area contributed by atoms with Crippen molar-refractivity contribution in [2.45, 2.75) is 34.1 Å². The lowest BCUT2D eigenvalue weighted by Crippen LogP contribution is -2.03. The minimum Gasteiger partial charge on any atom is -0.119 e. The lowest BCUT2D eigenvalue weighted by Gasteiger charge is -2.13. The van der Waals surface area contributed by atoms with E-state index in [1.807, 2.05) is 6.92 Å². The lowest BCUT2D eigenvalue weighted by atomic mass is 9.92. The van der Waals surface area contributed by atoms with Crippen LogP contribution in [0, 0.1) is 30.1 Å². The number of allylic oxidation sites excluding steroid dienone is 2. The van der Waals surface area contributed by atoms with Crippen molar-refractivity contribution >= 4 is 0 Å². The first-order chi connectivity index (χ1) is 5.61. The average Bonchev–Trinajstić information content (AvgIpc) is 2.11.